The van der Waals surface area contributed by atoms with E-state index >= 15 is 0 Å². The molecule has 0 saturated heterocycles. The van der Waals surface area contributed by atoms with Gasteiger partial charge in [0.05, 0.1) is 76.7 Å². The minimum absolute atomic E-state index is 0. The summed E-state index contributed by atoms with van der Waals surface area (Å²) >= 11 is 1.67. The molecule has 6 aromatic carbocycles. The molecule has 0 atom stereocenters. The van der Waals surface area contributed by atoms with E-state index < -0.39 is 15.3 Å². The van der Waals surface area contributed by atoms with Crippen LogP contribution in [-0.2, 0) is 19.1 Å². The second kappa shape index (κ2) is 46.9. The van der Waals surface area contributed by atoms with Gasteiger partial charge in [-0.25, -0.2) is 4.79 Å². The Labute approximate surface area is 595 Å². The molecule has 0 saturated carbocycles. The molecular formula is C74H99AlBN13O10. The number of methoxy groups -OCH3 is 2. The molecule has 25 heteroatoms. The van der Waals surface area contributed by atoms with Crippen molar-refractivity contribution in [3.63, 3.8) is 0 Å². The number of nitro benzene ring substituents is 2. The maximum absolute atomic E-state index is 12.6. The van der Waals surface area contributed by atoms with Crippen LogP contribution in [0.2, 0.25) is 0 Å². The van der Waals surface area contributed by atoms with Crippen LogP contribution in [0.4, 0.5) is 68.2 Å². The van der Waals surface area contributed by atoms with Gasteiger partial charge >= 0.3 is 32.4 Å². The van der Waals surface area contributed by atoms with Gasteiger partial charge in [0.15, 0.2) is 0 Å². The van der Waals surface area contributed by atoms with E-state index in [4.69, 9.17) is 23.3 Å². The summed E-state index contributed by atoms with van der Waals surface area (Å²) < 4.78 is 27.8. The van der Waals surface area contributed by atoms with Crippen LogP contribution in [0.5, 0.6) is 11.5 Å². The molecule has 0 spiro atoms. The monoisotopic (exact) mass is 1370 g/mol. The zero-order chi connectivity index (χ0) is 71.7. The number of nitro groups is 2. The van der Waals surface area contributed by atoms with E-state index in [0.717, 1.165) is 54.9 Å². The SMILES string of the molecule is C=C(C)C(=O)OCCN(CCCCCCCCCC)c1ccc(N=Nc2cc(C)c(N=Nc3ccc([N+](=O)[O-])cc3)cc2OC)cc1.CCCCCCCCCCN(CCOC(=O)C(C)(C)CC)c1ccc(N=Nc2cc(C)c(N=Nc3ccc([N+](=O)[O-])cc3)cc2OC)cc1.[B].[NH]=[Al]. The number of hydrogen-bond acceptors (Lipinski definition) is 21. The average molecular weight is 1370 g/mol. The molecule has 526 valence electrons. The second-order valence-electron chi connectivity index (χ2n) is 24.2. The van der Waals surface area contributed by atoms with Crippen molar-refractivity contribution in [2.75, 3.05) is 63.4 Å². The van der Waals surface area contributed by atoms with Crippen LogP contribution in [0.3, 0.4) is 0 Å². The third-order valence-corrected chi connectivity index (χ3v) is 16.2. The van der Waals surface area contributed by atoms with Gasteiger partial charge in [0, 0.05) is 74.8 Å². The number of hydrogen-bond donors (Lipinski definition) is 1. The van der Waals surface area contributed by atoms with Gasteiger partial charge in [0.1, 0.15) is 36.1 Å². The number of azo groups is 4. The van der Waals surface area contributed by atoms with Crippen molar-refractivity contribution in [1.29, 1.82) is 4.35 Å². The standard InChI is InChI=1S/C38H52N6O5.C36H46N6O5.Al.B.HN/c1-7-9-10-11-12-13-14-15-24-43(25-26-49-37(45)38(4,5)8-2)32-20-16-30(17-21-32)40-42-35-27-29(3)34(28-36(35)48-6)41-39-31-18-22-33(23-19-31)44(46)47;1-6-7-8-9-10-11-12-13-22-41(23-24-47-36(43)27(2)3)31-18-14-29(15-19-31)38-40-34-25-28(4)33(26-35(34)46-5)39-37-30-16-20-32(21-17-30)42(44)45;;;/h16-23,27-28H,7-15,24-26H2,1-6H3;14-21,25-26H,2,6-13,22-24H2,1,3-5H3;;;1H. The molecule has 0 aromatic heterocycles. The maximum atomic E-state index is 12.6. The number of nitrogens with one attached hydrogen (secondary N) is 1. The first-order valence-corrected chi connectivity index (χ1v) is 34.4. The number of aryl methyl sites for hydroxylation is 2. The Morgan fingerprint density at radius 3 is 1.11 bits per heavy atom. The zero-order valence-corrected chi connectivity index (χ0v) is 60.8. The van der Waals surface area contributed by atoms with E-state index in [1.54, 1.807) is 61.5 Å². The van der Waals surface area contributed by atoms with Crippen molar-refractivity contribution in [2.45, 2.75) is 165 Å². The quantitative estimate of drug-likeness (QED) is 0.00713. The summed E-state index contributed by atoms with van der Waals surface area (Å²) in [4.78, 5) is 49.8. The van der Waals surface area contributed by atoms with Crippen LogP contribution in [0.25, 0.3) is 0 Å². The van der Waals surface area contributed by atoms with Crippen molar-refractivity contribution in [3.8, 4) is 11.5 Å². The number of anilines is 2. The van der Waals surface area contributed by atoms with Gasteiger partial charge in [-0.05, 0) is 150 Å². The van der Waals surface area contributed by atoms with Crippen molar-refractivity contribution in [2.24, 2.45) is 46.3 Å². The number of carbonyl (C=O) groups excluding carboxylic acids is 2. The third-order valence-electron chi connectivity index (χ3n) is 16.2. The molecule has 0 aliphatic carbocycles. The van der Waals surface area contributed by atoms with E-state index in [2.05, 4.69) is 71.1 Å². The molecule has 6 aromatic rings. The van der Waals surface area contributed by atoms with Crippen LogP contribution in [0.15, 0.2) is 174 Å². The van der Waals surface area contributed by atoms with Crippen LogP contribution in [0, 0.1) is 43.8 Å². The molecule has 99 heavy (non-hydrogen) atoms. The Bertz CT molecular complexity index is 3560. The first-order valence-electron chi connectivity index (χ1n) is 33.8. The fourth-order valence-electron chi connectivity index (χ4n) is 9.78. The van der Waals surface area contributed by atoms with Gasteiger partial charge in [-0.2, -0.15) is 30.7 Å². The Kier molecular flexibility index (Phi) is 39.8. The summed E-state index contributed by atoms with van der Waals surface area (Å²) in [7, 11) is 3.10. The summed E-state index contributed by atoms with van der Waals surface area (Å²) in [5, 5.41) is 56.6. The summed E-state index contributed by atoms with van der Waals surface area (Å²) in [6.45, 7) is 23.0. The number of benzene rings is 6. The predicted molar refractivity (Wildman–Crippen MR) is 396 cm³/mol. The fraction of sp³-hybridized carbons (Fsp3) is 0.459. The summed E-state index contributed by atoms with van der Waals surface area (Å²) in [5.41, 5.74) is 8.18. The molecule has 6 rings (SSSR count). The number of ether oxygens (including phenoxy) is 4. The van der Waals surface area contributed by atoms with E-state index in [1.807, 2.05) is 95.3 Å². The molecule has 1 N–H and O–H groups in total. The van der Waals surface area contributed by atoms with Crippen LogP contribution in [0.1, 0.15) is 162 Å². The van der Waals surface area contributed by atoms with Gasteiger partial charge in [-0.3, -0.25) is 25.0 Å². The number of nitrogens with zero attached hydrogens (tertiary/aromatic N) is 12. The summed E-state index contributed by atoms with van der Waals surface area (Å²) in [6, 6.07) is 34.5. The first kappa shape index (κ1) is 84.0. The Balaban J connectivity index is 0.000000498. The Morgan fingerprint density at radius 1 is 0.485 bits per heavy atom. The van der Waals surface area contributed by atoms with E-state index in [9.17, 15) is 29.8 Å². The first-order chi connectivity index (χ1) is 47.3. The number of carbonyl (C=O) groups is 2. The van der Waals surface area contributed by atoms with Gasteiger partial charge in [-0.15, -0.1) is 10.2 Å². The second-order valence-corrected chi connectivity index (χ2v) is 24.2. The van der Waals surface area contributed by atoms with Crippen LogP contribution in [-0.4, -0.2) is 99.9 Å². The van der Waals surface area contributed by atoms with Crippen molar-refractivity contribution in [3.05, 3.63) is 165 Å². The molecule has 0 fully saturated rings. The Morgan fingerprint density at radius 2 is 0.798 bits per heavy atom. The Hall–Kier alpha value is -9.20. The molecule has 0 aliphatic rings. The molecule has 4 radical (unpaired) electrons. The molecule has 23 nitrogen and oxygen atoms in total. The number of rotatable bonds is 41. The molecule has 0 amide bonds. The van der Waals surface area contributed by atoms with Gasteiger partial charge < -0.3 is 28.7 Å². The predicted octanol–water partition coefficient (Wildman–Crippen LogP) is 22.0. The third kappa shape index (κ3) is 30.6. The normalized spacial score (nSPS) is 11.2. The summed E-state index contributed by atoms with van der Waals surface area (Å²) in [5.74, 6) is 0.429. The number of unbranched alkanes of at least 4 members (excludes halogenated alkanes) is 14. The van der Waals surface area contributed by atoms with E-state index in [-0.39, 0.29) is 38.3 Å². The fourth-order valence-corrected chi connectivity index (χ4v) is 9.78. The van der Waals surface area contributed by atoms with Crippen molar-refractivity contribution < 1.29 is 38.4 Å². The number of esters is 2. The van der Waals surface area contributed by atoms with Crippen molar-refractivity contribution in [1.82, 2.24) is 0 Å². The average Bonchev–Trinajstić information content (AvgIpc) is 0.848. The van der Waals surface area contributed by atoms with E-state index in [1.165, 1.54) is 126 Å². The summed E-state index contributed by atoms with van der Waals surface area (Å²) in [6.07, 6.45) is 20.6. The van der Waals surface area contributed by atoms with E-state index in [0.29, 0.717) is 82.3 Å². The van der Waals surface area contributed by atoms with Crippen LogP contribution < -0.4 is 19.3 Å². The van der Waals surface area contributed by atoms with Crippen LogP contribution >= 0.6 is 0 Å². The zero-order valence-electron chi connectivity index (χ0n) is 59.6. The molecular weight excluding hydrogens is 1270 g/mol. The van der Waals surface area contributed by atoms with Crippen molar-refractivity contribution >= 4 is 105 Å². The number of non-ortho nitro benzene ring substituents is 2. The molecule has 0 bridgehead atoms. The molecule has 0 unspecified atom stereocenters. The van der Waals surface area contributed by atoms with Gasteiger partial charge in [0.2, 0.25) is 0 Å². The molecule has 0 heterocycles. The van der Waals surface area contributed by atoms with Gasteiger partial charge in [0.25, 0.3) is 11.4 Å². The van der Waals surface area contributed by atoms with Gasteiger partial charge in [-0.1, -0.05) is 117 Å². The topological polar surface area (TPSA) is 287 Å². The minimum atomic E-state index is -0.490. The molecule has 0 aliphatic heterocycles.